The van der Waals surface area contributed by atoms with Crippen LogP contribution in [0.5, 0.6) is 0 Å². The molecule has 1 heterocycles. The van der Waals surface area contributed by atoms with Gasteiger partial charge in [-0.15, -0.1) is 12.3 Å². The maximum Gasteiger partial charge on any atom is 0.173 e. The highest BCUT2D eigenvalue weighted by molar-refractivity contribution is 9.10. The second kappa shape index (κ2) is 5.90. The number of furan rings is 1. The van der Waals surface area contributed by atoms with Gasteiger partial charge in [-0.3, -0.25) is 0 Å². The van der Waals surface area contributed by atoms with Gasteiger partial charge in [-0.05, 0) is 41.9 Å². The van der Waals surface area contributed by atoms with Crippen LogP contribution in [0.1, 0.15) is 30.9 Å². The average Bonchev–Trinajstić information content (AvgIpc) is 2.60. The fraction of sp³-hybridized carbons (Fsp3) is 0.455. The molecule has 1 atom stereocenters. The minimum absolute atomic E-state index is 0.316. The number of nitrogens with one attached hydrogen (secondary N) is 1. The SMILES string of the molecule is C#CCCCC(NC)c1ccoc1Br. The largest absolute Gasteiger partial charge is 0.457 e. The molecule has 1 aromatic rings. The van der Waals surface area contributed by atoms with Crippen molar-refractivity contribution in [3.05, 3.63) is 22.6 Å². The number of halogens is 1. The fourth-order valence-corrected chi connectivity index (χ4v) is 1.93. The maximum atomic E-state index is 5.21. The molecule has 0 saturated carbocycles. The molecule has 0 fully saturated rings. The van der Waals surface area contributed by atoms with Crippen LogP contribution in [-0.4, -0.2) is 7.05 Å². The Bertz CT molecular complexity index is 313. The Morgan fingerprint density at radius 2 is 2.50 bits per heavy atom. The lowest BCUT2D eigenvalue weighted by Crippen LogP contribution is -2.15. The van der Waals surface area contributed by atoms with Gasteiger partial charge < -0.3 is 9.73 Å². The zero-order valence-corrected chi connectivity index (χ0v) is 9.80. The minimum atomic E-state index is 0.316. The van der Waals surface area contributed by atoms with E-state index in [0.29, 0.717) is 6.04 Å². The molecular formula is C11H14BrNO. The van der Waals surface area contributed by atoms with Crippen LogP contribution in [0.4, 0.5) is 0 Å². The summed E-state index contributed by atoms with van der Waals surface area (Å²) in [7, 11) is 1.94. The van der Waals surface area contributed by atoms with Gasteiger partial charge in [0.2, 0.25) is 0 Å². The van der Waals surface area contributed by atoms with Gasteiger partial charge >= 0.3 is 0 Å². The second-order valence-electron chi connectivity index (χ2n) is 3.09. The summed E-state index contributed by atoms with van der Waals surface area (Å²) < 4.78 is 5.99. The van der Waals surface area contributed by atoms with Crippen LogP contribution >= 0.6 is 15.9 Å². The molecule has 0 aliphatic rings. The monoisotopic (exact) mass is 255 g/mol. The normalized spacial score (nSPS) is 12.4. The van der Waals surface area contributed by atoms with E-state index in [4.69, 9.17) is 10.8 Å². The van der Waals surface area contributed by atoms with E-state index in [1.807, 2.05) is 13.1 Å². The Morgan fingerprint density at radius 3 is 3.00 bits per heavy atom. The molecule has 76 valence electrons. The molecule has 1 unspecified atom stereocenters. The summed E-state index contributed by atoms with van der Waals surface area (Å²) in [5.74, 6) is 2.64. The molecule has 14 heavy (non-hydrogen) atoms. The highest BCUT2D eigenvalue weighted by Crippen LogP contribution is 2.27. The number of hydrogen-bond acceptors (Lipinski definition) is 2. The molecule has 0 aliphatic heterocycles. The lowest BCUT2D eigenvalue weighted by atomic mass is 10.0. The topological polar surface area (TPSA) is 25.2 Å². The molecule has 1 N–H and O–H groups in total. The van der Waals surface area contributed by atoms with Crippen molar-refractivity contribution < 1.29 is 4.42 Å². The third-order valence-corrected chi connectivity index (χ3v) is 2.83. The molecule has 0 saturated heterocycles. The van der Waals surface area contributed by atoms with E-state index in [9.17, 15) is 0 Å². The molecule has 0 spiro atoms. The highest BCUT2D eigenvalue weighted by Gasteiger charge is 2.13. The van der Waals surface area contributed by atoms with Crippen LogP contribution in [0.25, 0.3) is 0 Å². The van der Waals surface area contributed by atoms with Crippen molar-refractivity contribution >= 4 is 15.9 Å². The predicted octanol–water partition coefficient (Wildman–Crippen LogP) is 3.11. The molecular weight excluding hydrogens is 242 g/mol. The number of rotatable bonds is 5. The molecule has 3 heteroatoms. The number of unbranched alkanes of at least 4 members (excludes halogenated alkanes) is 1. The molecule has 0 aromatic carbocycles. The lowest BCUT2D eigenvalue weighted by Gasteiger charge is -2.13. The first-order chi connectivity index (χ1) is 6.79. The Labute approximate surface area is 93.2 Å². The predicted molar refractivity (Wildman–Crippen MR) is 60.9 cm³/mol. The third kappa shape index (κ3) is 2.90. The summed E-state index contributed by atoms with van der Waals surface area (Å²) >= 11 is 3.37. The number of hydrogen-bond donors (Lipinski definition) is 1. The maximum absolute atomic E-state index is 5.21. The van der Waals surface area contributed by atoms with Crippen molar-refractivity contribution in [1.29, 1.82) is 0 Å². The quantitative estimate of drug-likeness (QED) is 0.646. The highest BCUT2D eigenvalue weighted by atomic mass is 79.9. The summed E-state index contributed by atoms with van der Waals surface area (Å²) in [5.41, 5.74) is 1.16. The number of terminal acetylenes is 1. The summed E-state index contributed by atoms with van der Waals surface area (Å²) in [4.78, 5) is 0. The van der Waals surface area contributed by atoms with Gasteiger partial charge in [0.05, 0.1) is 6.26 Å². The first-order valence-electron chi connectivity index (χ1n) is 4.63. The van der Waals surface area contributed by atoms with Crippen LogP contribution in [0, 0.1) is 12.3 Å². The average molecular weight is 256 g/mol. The third-order valence-electron chi connectivity index (χ3n) is 2.18. The van der Waals surface area contributed by atoms with Gasteiger partial charge in [0, 0.05) is 18.0 Å². The lowest BCUT2D eigenvalue weighted by molar-refractivity contribution is 0.498. The van der Waals surface area contributed by atoms with Crippen LogP contribution in [0.3, 0.4) is 0 Å². The molecule has 0 bridgehead atoms. The van der Waals surface area contributed by atoms with E-state index < -0.39 is 0 Å². The second-order valence-corrected chi connectivity index (χ2v) is 3.81. The fourth-order valence-electron chi connectivity index (χ4n) is 1.42. The molecule has 1 aromatic heterocycles. The van der Waals surface area contributed by atoms with Gasteiger partial charge in [-0.25, -0.2) is 0 Å². The van der Waals surface area contributed by atoms with E-state index in [1.54, 1.807) is 6.26 Å². The van der Waals surface area contributed by atoms with Crippen molar-refractivity contribution in [3.63, 3.8) is 0 Å². The van der Waals surface area contributed by atoms with Gasteiger partial charge in [0.1, 0.15) is 0 Å². The molecule has 0 aliphatic carbocycles. The first-order valence-corrected chi connectivity index (χ1v) is 5.42. The smallest absolute Gasteiger partial charge is 0.173 e. The van der Waals surface area contributed by atoms with Crippen molar-refractivity contribution in [1.82, 2.24) is 5.32 Å². The van der Waals surface area contributed by atoms with Gasteiger partial charge in [0.15, 0.2) is 4.67 Å². The van der Waals surface area contributed by atoms with Crippen LogP contribution < -0.4 is 5.32 Å². The summed E-state index contributed by atoms with van der Waals surface area (Å²) in [6, 6.07) is 2.29. The minimum Gasteiger partial charge on any atom is -0.457 e. The van der Waals surface area contributed by atoms with Crippen LogP contribution in [0.2, 0.25) is 0 Å². The van der Waals surface area contributed by atoms with E-state index >= 15 is 0 Å². The van der Waals surface area contributed by atoms with Crippen molar-refractivity contribution in [2.75, 3.05) is 7.05 Å². The van der Waals surface area contributed by atoms with Crippen LogP contribution in [0.15, 0.2) is 21.4 Å². The zero-order valence-electron chi connectivity index (χ0n) is 8.22. The molecule has 2 nitrogen and oxygen atoms in total. The van der Waals surface area contributed by atoms with Crippen molar-refractivity contribution in [3.8, 4) is 12.3 Å². The molecule has 0 radical (unpaired) electrons. The Morgan fingerprint density at radius 1 is 1.71 bits per heavy atom. The van der Waals surface area contributed by atoms with E-state index in [0.717, 1.165) is 29.5 Å². The van der Waals surface area contributed by atoms with Crippen molar-refractivity contribution in [2.24, 2.45) is 0 Å². The molecule has 1 rings (SSSR count). The standard InChI is InChI=1S/C11H14BrNO/c1-3-4-5-6-10(13-2)9-7-8-14-11(9)12/h1,7-8,10,13H,4-6H2,2H3. The Hall–Kier alpha value is -0.720. The zero-order chi connectivity index (χ0) is 10.4. The Kier molecular flexibility index (Phi) is 4.78. The van der Waals surface area contributed by atoms with E-state index in [1.165, 1.54) is 0 Å². The first kappa shape index (κ1) is 11.4. The van der Waals surface area contributed by atoms with Gasteiger partial charge in [0.25, 0.3) is 0 Å². The van der Waals surface area contributed by atoms with E-state index in [2.05, 4.69) is 27.2 Å². The summed E-state index contributed by atoms with van der Waals surface area (Å²) in [6.45, 7) is 0. The van der Waals surface area contributed by atoms with Gasteiger partial charge in [-0.2, -0.15) is 0 Å². The summed E-state index contributed by atoms with van der Waals surface area (Å²) in [5, 5.41) is 3.25. The van der Waals surface area contributed by atoms with Crippen LogP contribution in [-0.2, 0) is 0 Å². The van der Waals surface area contributed by atoms with Crippen molar-refractivity contribution in [2.45, 2.75) is 25.3 Å². The van der Waals surface area contributed by atoms with Gasteiger partial charge in [-0.1, -0.05) is 0 Å². The Balaban J connectivity index is 2.55. The molecule has 0 amide bonds. The van der Waals surface area contributed by atoms with E-state index in [-0.39, 0.29) is 0 Å². The summed E-state index contributed by atoms with van der Waals surface area (Å²) in [6.07, 6.45) is 9.77.